The Morgan fingerprint density at radius 3 is 2.39 bits per heavy atom. The SMILES string of the molecule is COC(=O)[C@]1(NC(=O)Cc2cc(-c3ccc(Cl)cc3)c(F)cc2C)CC[C@@H](OC)CC1. The molecule has 2 aromatic rings. The molecule has 1 amide bonds. The first-order chi connectivity index (χ1) is 14.8. The standard InChI is InChI=1S/C24H27ClFNO4/c1-15-12-21(26)20(16-4-6-18(25)7-5-16)13-17(15)14-22(28)27-24(23(29)31-3)10-8-19(30-2)9-11-24/h4-7,12-13,19H,8-11,14H2,1-3H3,(H,27,28)/t19-,24+. The quantitative estimate of drug-likeness (QED) is 0.656. The van der Waals surface area contributed by atoms with E-state index in [2.05, 4.69) is 5.32 Å². The van der Waals surface area contributed by atoms with E-state index in [9.17, 15) is 14.0 Å². The molecular formula is C24H27ClFNO4. The number of esters is 1. The van der Waals surface area contributed by atoms with Gasteiger partial charge in [-0.1, -0.05) is 23.7 Å². The number of aryl methyl sites for hydroxylation is 1. The molecule has 0 aliphatic heterocycles. The van der Waals surface area contributed by atoms with E-state index in [1.165, 1.54) is 13.2 Å². The average Bonchev–Trinajstić information content (AvgIpc) is 2.76. The number of amides is 1. The van der Waals surface area contributed by atoms with Crippen molar-refractivity contribution in [2.24, 2.45) is 0 Å². The monoisotopic (exact) mass is 447 g/mol. The van der Waals surface area contributed by atoms with E-state index in [0.29, 0.717) is 53.0 Å². The largest absolute Gasteiger partial charge is 0.467 e. The topological polar surface area (TPSA) is 64.6 Å². The molecule has 0 unspecified atom stereocenters. The van der Waals surface area contributed by atoms with E-state index in [1.54, 1.807) is 44.4 Å². The smallest absolute Gasteiger partial charge is 0.331 e. The van der Waals surface area contributed by atoms with Crippen molar-refractivity contribution >= 4 is 23.5 Å². The maximum Gasteiger partial charge on any atom is 0.331 e. The maximum atomic E-state index is 14.6. The molecule has 1 aliphatic carbocycles. The lowest BCUT2D eigenvalue weighted by Crippen LogP contribution is -2.57. The lowest BCUT2D eigenvalue weighted by atomic mass is 9.80. The Bertz CT molecular complexity index is 953. The van der Waals surface area contributed by atoms with Gasteiger partial charge in [-0.05, 0) is 73.6 Å². The molecule has 0 atom stereocenters. The number of carbonyl (C=O) groups is 2. The van der Waals surface area contributed by atoms with Crippen LogP contribution in [0.5, 0.6) is 0 Å². The first kappa shape index (κ1) is 23.2. The van der Waals surface area contributed by atoms with Crippen LogP contribution in [0.4, 0.5) is 4.39 Å². The lowest BCUT2D eigenvalue weighted by Gasteiger charge is -2.38. The summed E-state index contributed by atoms with van der Waals surface area (Å²) in [6, 6.07) is 9.96. The van der Waals surface area contributed by atoms with E-state index in [0.717, 1.165) is 0 Å². The maximum absolute atomic E-state index is 14.6. The normalized spacial score (nSPS) is 20.9. The summed E-state index contributed by atoms with van der Waals surface area (Å²) in [7, 11) is 2.96. The van der Waals surface area contributed by atoms with E-state index in [4.69, 9.17) is 21.1 Å². The van der Waals surface area contributed by atoms with Crippen LogP contribution >= 0.6 is 11.6 Å². The zero-order valence-corrected chi connectivity index (χ0v) is 18.7. The molecule has 0 bridgehead atoms. The third kappa shape index (κ3) is 5.25. The Balaban J connectivity index is 1.81. The van der Waals surface area contributed by atoms with Gasteiger partial charge in [0.1, 0.15) is 11.4 Å². The average molecular weight is 448 g/mol. The van der Waals surface area contributed by atoms with Crippen LogP contribution in [0.25, 0.3) is 11.1 Å². The molecule has 0 saturated heterocycles. The van der Waals surface area contributed by atoms with Crippen molar-refractivity contribution in [3.63, 3.8) is 0 Å². The van der Waals surface area contributed by atoms with Crippen LogP contribution in [0.15, 0.2) is 36.4 Å². The third-order valence-electron chi connectivity index (χ3n) is 6.01. The highest BCUT2D eigenvalue weighted by molar-refractivity contribution is 6.30. The Morgan fingerprint density at radius 2 is 1.81 bits per heavy atom. The summed E-state index contributed by atoms with van der Waals surface area (Å²) in [4.78, 5) is 25.4. The van der Waals surface area contributed by atoms with Crippen molar-refractivity contribution in [2.75, 3.05) is 14.2 Å². The van der Waals surface area contributed by atoms with E-state index in [1.807, 2.05) is 0 Å². The summed E-state index contributed by atoms with van der Waals surface area (Å²) in [5.74, 6) is -1.13. The van der Waals surface area contributed by atoms with Crippen molar-refractivity contribution in [2.45, 2.75) is 50.7 Å². The second-order valence-corrected chi connectivity index (χ2v) is 8.44. The van der Waals surface area contributed by atoms with E-state index >= 15 is 0 Å². The van der Waals surface area contributed by atoms with Gasteiger partial charge in [0, 0.05) is 17.7 Å². The van der Waals surface area contributed by atoms with E-state index in [-0.39, 0.29) is 24.2 Å². The number of carbonyl (C=O) groups excluding carboxylic acids is 2. The number of ether oxygens (including phenoxy) is 2. The van der Waals surface area contributed by atoms with Gasteiger partial charge < -0.3 is 14.8 Å². The predicted octanol–water partition coefficient (Wildman–Crippen LogP) is 4.61. The summed E-state index contributed by atoms with van der Waals surface area (Å²) < 4.78 is 25.0. The van der Waals surface area contributed by atoms with Crippen LogP contribution in [-0.2, 0) is 25.5 Å². The van der Waals surface area contributed by atoms with Gasteiger partial charge in [-0.3, -0.25) is 4.79 Å². The van der Waals surface area contributed by atoms with Crippen molar-refractivity contribution in [1.82, 2.24) is 5.32 Å². The van der Waals surface area contributed by atoms with Crippen LogP contribution < -0.4 is 5.32 Å². The summed E-state index contributed by atoms with van der Waals surface area (Å²) >= 11 is 5.93. The number of benzene rings is 2. The predicted molar refractivity (Wildman–Crippen MR) is 117 cm³/mol. The van der Waals surface area contributed by atoms with Crippen LogP contribution in [0.2, 0.25) is 5.02 Å². The van der Waals surface area contributed by atoms with Gasteiger partial charge >= 0.3 is 5.97 Å². The highest BCUT2D eigenvalue weighted by Gasteiger charge is 2.44. The number of rotatable bonds is 6. The van der Waals surface area contributed by atoms with Gasteiger partial charge in [-0.15, -0.1) is 0 Å². The van der Waals surface area contributed by atoms with Gasteiger partial charge in [-0.25, -0.2) is 9.18 Å². The summed E-state index contributed by atoms with van der Waals surface area (Å²) in [5.41, 5.74) is 1.37. The van der Waals surface area contributed by atoms with Crippen LogP contribution in [0.3, 0.4) is 0 Å². The lowest BCUT2D eigenvalue weighted by molar-refractivity contribution is -0.153. The van der Waals surface area contributed by atoms with Gasteiger partial charge in [0.05, 0.1) is 19.6 Å². The summed E-state index contributed by atoms with van der Waals surface area (Å²) in [6.45, 7) is 1.76. The Kier molecular flexibility index (Phi) is 7.34. The first-order valence-electron chi connectivity index (χ1n) is 10.2. The molecular weight excluding hydrogens is 421 g/mol. The molecule has 1 saturated carbocycles. The number of halogens is 2. The highest BCUT2D eigenvalue weighted by Crippen LogP contribution is 2.32. The van der Waals surface area contributed by atoms with Crippen molar-refractivity contribution in [3.05, 3.63) is 58.4 Å². The molecule has 7 heteroatoms. The molecule has 3 rings (SSSR count). The minimum absolute atomic E-state index is 0.0269. The zero-order valence-electron chi connectivity index (χ0n) is 18.0. The third-order valence-corrected chi connectivity index (χ3v) is 6.26. The first-order valence-corrected chi connectivity index (χ1v) is 10.6. The van der Waals surface area contributed by atoms with Gasteiger partial charge in [0.2, 0.25) is 5.91 Å². The van der Waals surface area contributed by atoms with Crippen LogP contribution in [0, 0.1) is 12.7 Å². The molecule has 1 N–H and O–H groups in total. The molecule has 0 radical (unpaired) electrons. The zero-order chi connectivity index (χ0) is 22.6. The van der Waals surface area contributed by atoms with Crippen molar-refractivity contribution in [1.29, 1.82) is 0 Å². The van der Waals surface area contributed by atoms with Crippen molar-refractivity contribution in [3.8, 4) is 11.1 Å². The molecule has 0 aromatic heterocycles. The molecule has 1 fully saturated rings. The second-order valence-electron chi connectivity index (χ2n) is 8.00. The van der Waals surface area contributed by atoms with Gasteiger partial charge in [-0.2, -0.15) is 0 Å². The molecule has 31 heavy (non-hydrogen) atoms. The fraction of sp³-hybridized carbons (Fsp3) is 0.417. The number of hydrogen-bond acceptors (Lipinski definition) is 4. The molecule has 0 heterocycles. The molecule has 2 aromatic carbocycles. The van der Waals surface area contributed by atoms with Crippen LogP contribution in [-0.4, -0.2) is 37.7 Å². The summed E-state index contributed by atoms with van der Waals surface area (Å²) in [6.07, 6.45) is 2.30. The van der Waals surface area contributed by atoms with Crippen LogP contribution in [0.1, 0.15) is 36.8 Å². The Morgan fingerprint density at radius 1 is 1.16 bits per heavy atom. The number of methoxy groups -OCH3 is 2. The summed E-state index contributed by atoms with van der Waals surface area (Å²) in [5, 5.41) is 3.47. The Labute approximate surface area is 186 Å². The molecule has 0 spiro atoms. The van der Waals surface area contributed by atoms with Gasteiger partial charge in [0.15, 0.2) is 0 Å². The minimum Gasteiger partial charge on any atom is -0.467 e. The number of nitrogens with one attached hydrogen (secondary N) is 1. The van der Waals surface area contributed by atoms with Gasteiger partial charge in [0.25, 0.3) is 0 Å². The molecule has 1 aliphatic rings. The minimum atomic E-state index is -1.06. The Hall–Kier alpha value is -2.44. The molecule has 5 nitrogen and oxygen atoms in total. The fourth-order valence-corrected chi connectivity index (χ4v) is 4.26. The highest BCUT2D eigenvalue weighted by atomic mass is 35.5. The van der Waals surface area contributed by atoms with Crippen molar-refractivity contribution < 1.29 is 23.5 Å². The second kappa shape index (κ2) is 9.79. The van der Waals surface area contributed by atoms with E-state index < -0.39 is 11.5 Å². The fourth-order valence-electron chi connectivity index (χ4n) is 4.14. The number of hydrogen-bond donors (Lipinski definition) is 1. The molecule has 166 valence electrons.